The van der Waals surface area contributed by atoms with Gasteiger partial charge >= 0.3 is 0 Å². The number of rotatable bonds is 0. The monoisotopic (exact) mass is 363 g/mol. The van der Waals surface area contributed by atoms with Crippen molar-refractivity contribution in [2.75, 3.05) is 42.2 Å². The second-order valence-electron chi connectivity index (χ2n) is 7.70. The van der Waals surface area contributed by atoms with Gasteiger partial charge in [0, 0.05) is 42.9 Å². The van der Waals surface area contributed by atoms with Crippen LogP contribution in [0.4, 0.5) is 22.7 Å². The highest BCUT2D eigenvalue weighted by atomic mass is 16.1. The van der Waals surface area contributed by atoms with Crippen molar-refractivity contribution < 1.29 is 9.59 Å². The average Bonchev–Trinajstić information content (AvgIpc) is 3.01. The molecule has 0 saturated carbocycles. The van der Waals surface area contributed by atoms with Crippen LogP contribution in [-0.2, 0) is 0 Å². The van der Waals surface area contributed by atoms with Gasteiger partial charge in [-0.2, -0.15) is 0 Å². The summed E-state index contributed by atoms with van der Waals surface area (Å²) in [5.41, 5.74) is 15.1. The van der Waals surface area contributed by atoms with Crippen LogP contribution in [0.15, 0.2) is 24.3 Å². The second kappa shape index (κ2) is 5.23. The van der Waals surface area contributed by atoms with E-state index >= 15 is 0 Å². The summed E-state index contributed by atoms with van der Waals surface area (Å²) in [7, 11) is 2.10. The van der Waals surface area contributed by atoms with E-state index in [9.17, 15) is 9.59 Å². The van der Waals surface area contributed by atoms with Crippen molar-refractivity contribution >= 4 is 34.3 Å². The molecule has 0 bridgehead atoms. The van der Waals surface area contributed by atoms with Crippen LogP contribution in [0, 0.1) is 0 Å². The number of piperidine rings is 1. The number of nitrogens with zero attached hydrogens (tertiary/aromatic N) is 1. The van der Waals surface area contributed by atoms with Gasteiger partial charge in [-0.3, -0.25) is 9.59 Å². The quantitative estimate of drug-likeness (QED) is 0.451. The molecule has 0 atom stereocenters. The number of hydrogen-bond acceptors (Lipinski definition) is 7. The lowest BCUT2D eigenvalue weighted by Gasteiger charge is -2.38. The zero-order chi connectivity index (χ0) is 18.9. The minimum Gasteiger partial charge on any atom is -0.398 e. The summed E-state index contributed by atoms with van der Waals surface area (Å²) in [4.78, 5) is 28.7. The van der Waals surface area contributed by atoms with E-state index in [1.54, 1.807) is 18.2 Å². The van der Waals surface area contributed by atoms with E-state index in [4.69, 9.17) is 11.5 Å². The largest absolute Gasteiger partial charge is 0.398 e. The van der Waals surface area contributed by atoms with E-state index in [1.807, 2.05) is 6.07 Å². The van der Waals surface area contributed by atoms with Crippen molar-refractivity contribution in [3.63, 3.8) is 0 Å². The number of carbonyl (C=O) groups excluding carboxylic acids is 2. The fourth-order valence-electron chi connectivity index (χ4n) is 4.42. The van der Waals surface area contributed by atoms with Gasteiger partial charge in [0.15, 0.2) is 11.6 Å². The van der Waals surface area contributed by atoms with Crippen molar-refractivity contribution in [3.8, 4) is 0 Å². The summed E-state index contributed by atoms with van der Waals surface area (Å²) < 4.78 is 0. The number of nitrogen functional groups attached to an aromatic ring is 2. The van der Waals surface area contributed by atoms with Gasteiger partial charge in [0.2, 0.25) is 0 Å². The predicted octanol–water partition coefficient (Wildman–Crippen LogP) is 1.89. The number of benzene rings is 2. The molecule has 1 aliphatic carbocycles. The van der Waals surface area contributed by atoms with Gasteiger partial charge in [0.05, 0.1) is 28.1 Å². The van der Waals surface area contributed by atoms with Crippen molar-refractivity contribution in [1.82, 2.24) is 4.90 Å². The number of likely N-dealkylation sites (tertiary alicyclic amines) is 1. The summed E-state index contributed by atoms with van der Waals surface area (Å²) in [5.74, 6) is -0.501. The molecule has 0 radical (unpaired) electrons. The minimum atomic E-state index is -0.283. The number of ketones is 2. The Morgan fingerprint density at radius 1 is 0.889 bits per heavy atom. The summed E-state index contributed by atoms with van der Waals surface area (Å²) >= 11 is 0. The average molecular weight is 363 g/mol. The van der Waals surface area contributed by atoms with Gasteiger partial charge in [-0.15, -0.1) is 0 Å². The SMILES string of the molecule is CN1CCC2(CC1)Nc1ccc3c(c1N2)C(=O)c1c(N)ccc(N)c1C3=O. The third-order valence-corrected chi connectivity index (χ3v) is 5.98. The van der Waals surface area contributed by atoms with Gasteiger partial charge in [-0.05, 0) is 31.3 Å². The Bertz CT molecular complexity index is 1020. The third kappa shape index (κ3) is 2.12. The molecule has 1 saturated heterocycles. The molecule has 138 valence electrons. The minimum absolute atomic E-state index is 0.215. The van der Waals surface area contributed by atoms with Crippen LogP contribution in [0.25, 0.3) is 0 Å². The Kier molecular flexibility index (Phi) is 3.13. The molecule has 0 aromatic heterocycles. The van der Waals surface area contributed by atoms with Crippen LogP contribution in [-0.4, -0.2) is 42.3 Å². The number of nitrogens with one attached hydrogen (secondary N) is 2. The fourth-order valence-corrected chi connectivity index (χ4v) is 4.42. The van der Waals surface area contributed by atoms with Crippen LogP contribution in [0.2, 0.25) is 0 Å². The van der Waals surface area contributed by atoms with Crippen LogP contribution < -0.4 is 22.1 Å². The Hall–Kier alpha value is -3.06. The Balaban J connectivity index is 1.65. The van der Waals surface area contributed by atoms with E-state index in [-0.39, 0.29) is 39.7 Å². The van der Waals surface area contributed by atoms with E-state index in [1.165, 1.54) is 0 Å². The first-order valence-corrected chi connectivity index (χ1v) is 9.09. The maximum Gasteiger partial charge on any atom is 0.198 e. The summed E-state index contributed by atoms with van der Waals surface area (Å²) in [6.07, 6.45) is 1.81. The van der Waals surface area contributed by atoms with Gasteiger partial charge < -0.3 is 27.0 Å². The maximum absolute atomic E-state index is 13.3. The van der Waals surface area contributed by atoms with Crippen molar-refractivity contribution in [1.29, 1.82) is 0 Å². The van der Waals surface area contributed by atoms with E-state index < -0.39 is 0 Å². The smallest absolute Gasteiger partial charge is 0.198 e. The maximum atomic E-state index is 13.3. The summed E-state index contributed by atoms with van der Waals surface area (Å²) in [5, 5.41) is 7.08. The lowest BCUT2D eigenvalue weighted by Crippen LogP contribution is -2.50. The van der Waals surface area contributed by atoms with Gasteiger partial charge in [-0.25, -0.2) is 0 Å². The van der Waals surface area contributed by atoms with E-state index in [0.29, 0.717) is 16.8 Å². The molecule has 6 N–H and O–H groups in total. The molecule has 2 aromatic rings. The zero-order valence-corrected chi connectivity index (χ0v) is 15.1. The Morgan fingerprint density at radius 3 is 2.19 bits per heavy atom. The molecule has 0 amide bonds. The van der Waals surface area contributed by atoms with Crippen molar-refractivity contribution in [2.45, 2.75) is 18.5 Å². The Labute approximate surface area is 156 Å². The number of hydrogen-bond donors (Lipinski definition) is 4. The Morgan fingerprint density at radius 2 is 1.52 bits per heavy atom. The molecule has 0 unspecified atom stereocenters. The number of nitrogens with two attached hydrogens (primary N) is 2. The topological polar surface area (TPSA) is 113 Å². The second-order valence-corrected chi connectivity index (χ2v) is 7.70. The van der Waals surface area contributed by atoms with Gasteiger partial charge in [0.25, 0.3) is 0 Å². The highest BCUT2D eigenvalue weighted by molar-refractivity contribution is 6.34. The normalized spacial score (nSPS) is 19.9. The standard InChI is InChI=1S/C20H21N5O2/c1-25-8-6-20(7-9-25)23-13-5-2-10-14(17(13)24-20)19(27)16-12(22)4-3-11(21)15(16)18(10)26/h2-5,23-24H,6-9,21-22H2,1H3. The molecular formula is C20H21N5O2. The zero-order valence-electron chi connectivity index (χ0n) is 15.1. The molecule has 2 aliphatic heterocycles. The summed E-state index contributed by atoms with van der Waals surface area (Å²) in [6, 6.07) is 6.73. The highest BCUT2D eigenvalue weighted by Crippen LogP contribution is 2.46. The molecule has 27 heavy (non-hydrogen) atoms. The van der Waals surface area contributed by atoms with Gasteiger partial charge in [0.1, 0.15) is 5.66 Å². The third-order valence-electron chi connectivity index (χ3n) is 5.98. The lowest BCUT2D eigenvalue weighted by molar-refractivity contribution is 0.0981. The molecule has 3 aliphatic rings. The van der Waals surface area contributed by atoms with E-state index in [0.717, 1.165) is 31.6 Å². The van der Waals surface area contributed by atoms with E-state index in [2.05, 4.69) is 22.6 Å². The number of anilines is 4. The first kappa shape index (κ1) is 16.1. The number of fused-ring (bicyclic) bond motifs is 4. The van der Waals surface area contributed by atoms with Crippen LogP contribution in [0.5, 0.6) is 0 Å². The van der Waals surface area contributed by atoms with Crippen LogP contribution in [0.3, 0.4) is 0 Å². The van der Waals surface area contributed by atoms with Crippen molar-refractivity contribution in [2.24, 2.45) is 0 Å². The first-order valence-electron chi connectivity index (χ1n) is 9.09. The predicted molar refractivity (Wildman–Crippen MR) is 105 cm³/mol. The first-order chi connectivity index (χ1) is 12.9. The van der Waals surface area contributed by atoms with Gasteiger partial charge in [-0.1, -0.05) is 0 Å². The number of carbonyl (C=O) groups is 2. The summed E-state index contributed by atoms with van der Waals surface area (Å²) in [6.45, 7) is 1.91. The fraction of sp³-hybridized carbons (Fsp3) is 0.300. The molecule has 7 nitrogen and oxygen atoms in total. The molecule has 1 fully saturated rings. The van der Waals surface area contributed by atoms with Crippen molar-refractivity contribution in [3.05, 3.63) is 46.5 Å². The molecular weight excluding hydrogens is 342 g/mol. The lowest BCUT2D eigenvalue weighted by atomic mass is 9.81. The molecule has 2 heterocycles. The highest BCUT2D eigenvalue weighted by Gasteiger charge is 2.43. The molecule has 1 spiro atoms. The van der Waals surface area contributed by atoms with Crippen LogP contribution >= 0.6 is 0 Å². The molecule has 7 heteroatoms. The van der Waals surface area contributed by atoms with Crippen LogP contribution in [0.1, 0.15) is 44.7 Å². The molecule has 2 aromatic carbocycles. The molecule has 5 rings (SSSR count).